The van der Waals surface area contributed by atoms with Gasteiger partial charge in [-0.15, -0.1) is 10.2 Å². The molecule has 1 aromatic heterocycles. The van der Waals surface area contributed by atoms with E-state index in [9.17, 15) is 0 Å². The van der Waals surface area contributed by atoms with Gasteiger partial charge in [0.25, 0.3) is 0 Å². The van der Waals surface area contributed by atoms with Crippen molar-refractivity contribution in [2.24, 2.45) is 0 Å². The summed E-state index contributed by atoms with van der Waals surface area (Å²) in [6.45, 7) is 4.04. The zero-order valence-electron chi connectivity index (χ0n) is 10.1. The monoisotopic (exact) mass is 301 g/mol. The van der Waals surface area contributed by atoms with Crippen molar-refractivity contribution in [3.05, 3.63) is 38.8 Å². The van der Waals surface area contributed by atoms with Gasteiger partial charge in [-0.3, -0.25) is 0 Å². The van der Waals surface area contributed by atoms with Gasteiger partial charge in [0.15, 0.2) is 0 Å². The highest BCUT2D eigenvalue weighted by Gasteiger charge is 2.12. The first kappa shape index (κ1) is 13.6. The smallest absolute Gasteiger partial charge is 0.206 e. The third-order valence-electron chi connectivity index (χ3n) is 2.58. The Bertz CT molecular complexity index is 542. The first-order chi connectivity index (χ1) is 8.60. The number of aromatic nitrogens is 2. The van der Waals surface area contributed by atoms with E-state index in [1.807, 2.05) is 25.1 Å². The lowest BCUT2D eigenvalue weighted by atomic mass is 10.1. The van der Waals surface area contributed by atoms with Gasteiger partial charge in [-0.2, -0.15) is 0 Å². The number of anilines is 1. The molecule has 0 aliphatic heterocycles. The molecule has 18 heavy (non-hydrogen) atoms. The molecule has 0 amide bonds. The molecule has 96 valence electrons. The topological polar surface area (TPSA) is 37.8 Å². The van der Waals surface area contributed by atoms with Gasteiger partial charge in [0.05, 0.1) is 16.1 Å². The van der Waals surface area contributed by atoms with Gasteiger partial charge < -0.3 is 5.32 Å². The first-order valence-corrected chi connectivity index (χ1v) is 7.19. The van der Waals surface area contributed by atoms with E-state index < -0.39 is 0 Å². The van der Waals surface area contributed by atoms with Crippen molar-refractivity contribution in [3.63, 3.8) is 0 Å². The predicted molar refractivity (Wildman–Crippen MR) is 77.8 cm³/mol. The van der Waals surface area contributed by atoms with Crippen molar-refractivity contribution in [3.8, 4) is 0 Å². The molecule has 2 rings (SSSR count). The fourth-order valence-corrected chi connectivity index (χ4v) is 2.60. The molecule has 3 nitrogen and oxygen atoms in total. The summed E-state index contributed by atoms with van der Waals surface area (Å²) in [6.07, 6.45) is 0.927. The highest BCUT2D eigenvalue weighted by atomic mass is 35.5. The van der Waals surface area contributed by atoms with E-state index in [0.717, 1.165) is 22.1 Å². The minimum absolute atomic E-state index is 0.159. The summed E-state index contributed by atoms with van der Waals surface area (Å²) < 4.78 is 0. The Balaban J connectivity index is 2.19. The Morgan fingerprint density at radius 1 is 1.28 bits per heavy atom. The number of rotatable bonds is 4. The summed E-state index contributed by atoms with van der Waals surface area (Å²) in [7, 11) is 0. The van der Waals surface area contributed by atoms with Gasteiger partial charge >= 0.3 is 0 Å². The third-order valence-corrected chi connectivity index (χ3v) is 4.09. The van der Waals surface area contributed by atoms with Crippen LogP contribution in [0.2, 0.25) is 10.0 Å². The molecule has 6 heteroatoms. The molecule has 1 heterocycles. The molecule has 1 unspecified atom stereocenters. The Kier molecular flexibility index (Phi) is 4.43. The Morgan fingerprint density at radius 3 is 2.61 bits per heavy atom. The molecule has 1 atom stereocenters. The molecule has 0 fully saturated rings. The molecular formula is C12H13Cl2N3S. The lowest BCUT2D eigenvalue weighted by Crippen LogP contribution is -2.09. The van der Waals surface area contributed by atoms with Gasteiger partial charge in [0.1, 0.15) is 5.01 Å². The fraction of sp³-hybridized carbons (Fsp3) is 0.333. The van der Waals surface area contributed by atoms with E-state index >= 15 is 0 Å². The molecular weight excluding hydrogens is 289 g/mol. The van der Waals surface area contributed by atoms with Crippen LogP contribution in [0.5, 0.6) is 0 Å². The van der Waals surface area contributed by atoms with Crippen LogP contribution in [0, 0.1) is 6.92 Å². The van der Waals surface area contributed by atoms with Crippen LogP contribution in [0.4, 0.5) is 5.13 Å². The van der Waals surface area contributed by atoms with Crippen LogP contribution in [0.15, 0.2) is 18.2 Å². The second-order valence-electron chi connectivity index (χ2n) is 3.90. The zero-order chi connectivity index (χ0) is 13.1. The fourth-order valence-electron chi connectivity index (χ4n) is 1.65. The molecule has 0 aliphatic rings. The number of nitrogens with one attached hydrogen (secondary N) is 1. The van der Waals surface area contributed by atoms with Gasteiger partial charge in [0.2, 0.25) is 5.13 Å². The third kappa shape index (κ3) is 3.13. The minimum atomic E-state index is 0.159. The van der Waals surface area contributed by atoms with Crippen LogP contribution in [0.25, 0.3) is 0 Å². The molecule has 1 aromatic carbocycles. The second-order valence-corrected chi connectivity index (χ2v) is 5.90. The molecule has 0 spiro atoms. The van der Waals surface area contributed by atoms with Gasteiger partial charge in [-0.05, 0) is 31.0 Å². The highest BCUT2D eigenvalue weighted by Crippen LogP contribution is 2.29. The van der Waals surface area contributed by atoms with E-state index in [0.29, 0.717) is 10.0 Å². The summed E-state index contributed by atoms with van der Waals surface area (Å²) in [5.74, 6) is 0. The van der Waals surface area contributed by atoms with E-state index in [1.165, 1.54) is 0 Å². The molecule has 0 bridgehead atoms. The maximum atomic E-state index is 6.04. The SMILES string of the molecule is CCC(Nc1nnc(C)s1)c1ccc(Cl)c(Cl)c1. The lowest BCUT2D eigenvalue weighted by molar-refractivity contribution is 0.745. The second kappa shape index (κ2) is 5.87. The number of aryl methyl sites for hydroxylation is 1. The van der Waals surface area contributed by atoms with Crippen LogP contribution >= 0.6 is 34.5 Å². The molecule has 2 aromatic rings. The van der Waals surface area contributed by atoms with Crippen molar-refractivity contribution in [1.29, 1.82) is 0 Å². The quantitative estimate of drug-likeness (QED) is 0.888. The first-order valence-electron chi connectivity index (χ1n) is 5.61. The number of hydrogen-bond acceptors (Lipinski definition) is 4. The van der Waals surface area contributed by atoms with Crippen molar-refractivity contribution in [1.82, 2.24) is 10.2 Å². The largest absolute Gasteiger partial charge is 0.353 e. The van der Waals surface area contributed by atoms with Crippen molar-refractivity contribution >= 4 is 39.7 Å². The Labute approximate surface area is 120 Å². The van der Waals surface area contributed by atoms with Crippen LogP contribution in [-0.4, -0.2) is 10.2 Å². The summed E-state index contributed by atoms with van der Waals surface area (Å²) >= 11 is 13.5. The van der Waals surface area contributed by atoms with Crippen molar-refractivity contribution < 1.29 is 0 Å². The standard InChI is InChI=1S/C12H13Cl2N3S/c1-3-11(15-12-17-16-7(2)18-12)8-4-5-9(13)10(14)6-8/h4-6,11H,3H2,1-2H3,(H,15,17). The van der Waals surface area contributed by atoms with Gasteiger partial charge in [-0.25, -0.2) is 0 Å². The Morgan fingerprint density at radius 2 is 2.06 bits per heavy atom. The molecule has 1 N–H and O–H groups in total. The summed E-state index contributed by atoms with van der Waals surface area (Å²) in [5, 5.41) is 14.3. The van der Waals surface area contributed by atoms with Crippen molar-refractivity contribution in [2.45, 2.75) is 26.3 Å². The highest BCUT2D eigenvalue weighted by molar-refractivity contribution is 7.15. The van der Waals surface area contributed by atoms with E-state index in [4.69, 9.17) is 23.2 Å². The lowest BCUT2D eigenvalue weighted by Gasteiger charge is -2.16. The van der Waals surface area contributed by atoms with E-state index in [2.05, 4.69) is 22.4 Å². The summed E-state index contributed by atoms with van der Waals surface area (Å²) in [4.78, 5) is 0. The summed E-state index contributed by atoms with van der Waals surface area (Å²) in [5.41, 5.74) is 1.10. The number of benzene rings is 1. The van der Waals surface area contributed by atoms with E-state index in [-0.39, 0.29) is 6.04 Å². The van der Waals surface area contributed by atoms with Gasteiger partial charge in [-0.1, -0.05) is 47.5 Å². The molecule has 0 radical (unpaired) electrons. The molecule has 0 saturated carbocycles. The number of nitrogens with zero attached hydrogens (tertiary/aromatic N) is 2. The van der Waals surface area contributed by atoms with E-state index in [1.54, 1.807) is 11.3 Å². The average molecular weight is 302 g/mol. The number of halogens is 2. The minimum Gasteiger partial charge on any atom is -0.353 e. The van der Waals surface area contributed by atoms with Crippen LogP contribution in [-0.2, 0) is 0 Å². The molecule has 0 saturated heterocycles. The van der Waals surface area contributed by atoms with Crippen LogP contribution in [0.3, 0.4) is 0 Å². The predicted octanol–water partition coefficient (Wildman–Crippen LogP) is 4.72. The van der Waals surface area contributed by atoms with Gasteiger partial charge in [0, 0.05) is 0 Å². The van der Waals surface area contributed by atoms with Crippen LogP contribution < -0.4 is 5.32 Å². The summed E-state index contributed by atoms with van der Waals surface area (Å²) in [6, 6.07) is 5.84. The van der Waals surface area contributed by atoms with Crippen LogP contribution in [0.1, 0.15) is 30.0 Å². The normalized spacial score (nSPS) is 12.4. The maximum Gasteiger partial charge on any atom is 0.206 e. The zero-order valence-corrected chi connectivity index (χ0v) is 12.4. The average Bonchev–Trinajstić information content (AvgIpc) is 2.75. The molecule has 0 aliphatic carbocycles. The number of hydrogen-bond donors (Lipinski definition) is 1. The maximum absolute atomic E-state index is 6.04. The van der Waals surface area contributed by atoms with Crippen molar-refractivity contribution in [2.75, 3.05) is 5.32 Å². The Hall–Kier alpha value is -0.840.